The molecule has 2 heteroatoms. The van der Waals surface area contributed by atoms with Crippen molar-refractivity contribution >= 4 is 50.4 Å². The first-order valence-corrected chi connectivity index (χ1v) is 18.9. The van der Waals surface area contributed by atoms with E-state index in [-0.39, 0.29) is 0 Å². The highest BCUT2D eigenvalue weighted by atomic mass is 15.1. The Morgan fingerprint density at radius 3 is 1.58 bits per heavy atom. The van der Waals surface area contributed by atoms with E-state index in [0.717, 1.165) is 33.9 Å². The zero-order valence-electron chi connectivity index (χ0n) is 30.6. The molecule has 9 aromatic carbocycles. The highest BCUT2D eigenvalue weighted by Gasteiger charge is 2.31. The van der Waals surface area contributed by atoms with Crippen LogP contribution in [0.25, 0.3) is 83.3 Å². The van der Waals surface area contributed by atoms with Crippen LogP contribution in [0.5, 0.6) is 0 Å². The van der Waals surface area contributed by atoms with Gasteiger partial charge in [0.1, 0.15) is 0 Å². The molecule has 0 heterocycles. The maximum atomic E-state index is 6.60. The number of anilines is 4. The van der Waals surface area contributed by atoms with Gasteiger partial charge in [-0.3, -0.25) is 0 Å². The van der Waals surface area contributed by atoms with Crippen LogP contribution in [0.3, 0.4) is 0 Å². The van der Waals surface area contributed by atoms with Gasteiger partial charge in [-0.25, -0.2) is 0 Å². The lowest BCUT2D eigenvalue weighted by atomic mass is 9.82. The normalized spacial score (nSPS) is 11.7. The standard InChI is InChI=1S/C53H38N2/c1-2-17-44-47(54)30-16-31-48(44)55(38-23-10-5-11-24-38)39-25-14-22-37(34-39)40-32-33-46-51-41(40)28-15-29-45(51)52-49(35-18-6-3-7-19-35)42-26-12-13-27-43(42)50(53(46)52)36-20-8-4-9-21-36/h2-34H,54H2,1H3/b17-2-. The largest absolute Gasteiger partial charge is 0.398 e. The summed E-state index contributed by atoms with van der Waals surface area (Å²) in [5.41, 5.74) is 24.1. The van der Waals surface area contributed by atoms with Crippen LogP contribution in [-0.2, 0) is 0 Å². The van der Waals surface area contributed by atoms with Gasteiger partial charge >= 0.3 is 0 Å². The van der Waals surface area contributed by atoms with Gasteiger partial charge in [0.25, 0.3) is 0 Å². The molecule has 10 rings (SSSR count). The van der Waals surface area contributed by atoms with Gasteiger partial charge in [-0.1, -0.05) is 164 Å². The van der Waals surface area contributed by atoms with Crippen LogP contribution >= 0.6 is 0 Å². The molecular formula is C53H38N2. The van der Waals surface area contributed by atoms with E-state index in [2.05, 4.69) is 193 Å². The number of nitrogen functional groups attached to an aromatic ring is 1. The Hall–Kier alpha value is -7.16. The third-order valence-electron chi connectivity index (χ3n) is 11.0. The molecule has 9 aromatic rings. The second kappa shape index (κ2) is 13.4. The average molecular weight is 703 g/mol. The number of rotatable bonds is 7. The Kier molecular flexibility index (Phi) is 7.89. The van der Waals surface area contributed by atoms with Crippen molar-refractivity contribution in [2.24, 2.45) is 0 Å². The molecule has 0 amide bonds. The Bertz CT molecular complexity index is 2830. The van der Waals surface area contributed by atoms with Crippen LogP contribution in [0.2, 0.25) is 0 Å². The van der Waals surface area contributed by atoms with Crippen LogP contribution in [0.15, 0.2) is 194 Å². The van der Waals surface area contributed by atoms with Crippen molar-refractivity contribution in [2.45, 2.75) is 6.92 Å². The van der Waals surface area contributed by atoms with Crippen LogP contribution in [-0.4, -0.2) is 0 Å². The molecule has 0 fully saturated rings. The van der Waals surface area contributed by atoms with Crippen LogP contribution < -0.4 is 10.6 Å². The molecule has 0 aromatic heterocycles. The molecule has 0 saturated carbocycles. The fourth-order valence-electron chi connectivity index (χ4n) is 8.79. The number of hydrogen-bond donors (Lipinski definition) is 1. The Balaban J connectivity index is 1.23. The molecule has 0 spiro atoms. The van der Waals surface area contributed by atoms with Crippen molar-refractivity contribution in [1.82, 2.24) is 0 Å². The lowest BCUT2D eigenvalue weighted by Crippen LogP contribution is -2.12. The van der Waals surface area contributed by atoms with E-state index >= 15 is 0 Å². The Morgan fingerprint density at radius 1 is 0.418 bits per heavy atom. The molecule has 0 saturated heterocycles. The summed E-state index contributed by atoms with van der Waals surface area (Å²) in [5.74, 6) is 0. The minimum absolute atomic E-state index is 0.747. The lowest BCUT2D eigenvalue weighted by Gasteiger charge is -2.28. The number of para-hydroxylation sites is 1. The molecule has 0 unspecified atom stereocenters. The summed E-state index contributed by atoms with van der Waals surface area (Å²) >= 11 is 0. The van der Waals surface area contributed by atoms with E-state index in [9.17, 15) is 0 Å². The molecule has 0 radical (unpaired) electrons. The maximum Gasteiger partial charge on any atom is 0.0554 e. The number of fused-ring (bicyclic) bond motifs is 4. The first-order chi connectivity index (χ1) is 27.2. The first-order valence-electron chi connectivity index (χ1n) is 18.9. The highest BCUT2D eigenvalue weighted by molar-refractivity contribution is 6.28. The van der Waals surface area contributed by atoms with Crippen LogP contribution in [0.1, 0.15) is 12.5 Å². The van der Waals surface area contributed by atoms with Crippen molar-refractivity contribution in [1.29, 1.82) is 0 Å². The molecule has 2 nitrogen and oxygen atoms in total. The van der Waals surface area contributed by atoms with E-state index in [1.165, 1.54) is 71.6 Å². The molecule has 2 N–H and O–H groups in total. The van der Waals surface area contributed by atoms with Crippen LogP contribution in [0, 0.1) is 0 Å². The molecule has 0 atom stereocenters. The highest BCUT2D eigenvalue weighted by Crippen LogP contribution is 2.58. The molecule has 1 aliphatic carbocycles. The zero-order valence-corrected chi connectivity index (χ0v) is 30.6. The minimum Gasteiger partial charge on any atom is -0.398 e. The van der Waals surface area contributed by atoms with Crippen molar-refractivity contribution in [3.63, 3.8) is 0 Å². The van der Waals surface area contributed by atoms with Gasteiger partial charge in [-0.2, -0.15) is 0 Å². The molecular weight excluding hydrogens is 665 g/mol. The van der Waals surface area contributed by atoms with E-state index in [1.807, 2.05) is 19.1 Å². The van der Waals surface area contributed by atoms with Gasteiger partial charge in [0.05, 0.1) is 5.69 Å². The smallest absolute Gasteiger partial charge is 0.0554 e. The molecule has 1 aliphatic rings. The number of nitrogens with two attached hydrogens (primary N) is 1. The molecule has 0 aliphatic heterocycles. The summed E-state index contributed by atoms with van der Waals surface area (Å²) in [6.07, 6.45) is 4.15. The second-order valence-electron chi connectivity index (χ2n) is 14.2. The number of hydrogen-bond acceptors (Lipinski definition) is 2. The van der Waals surface area contributed by atoms with Gasteiger partial charge in [0.15, 0.2) is 0 Å². The summed E-state index contributed by atoms with van der Waals surface area (Å²) in [6.45, 7) is 2.03. The fourth-order valence-corrected chi connectivity index (χ4v) is 8.79. The van der Waals surface area contributed by atoms with E-state index in [4.69, 9.17) is 5.73 Å². The molecule has 55 heavy (non-hydrogen) atoms. The van der Waals surface area contributed by atoms with Gasteiger partial charge in [0, 0.05) is 22.6 Å². The van der Waals surface area contributed by atoms with Crippen molar-refractivity contribution < 1.29 is 0 Å². The first kappa shape index (κ1) is 32.5. The van der Waals surface area contributed by atoms with E-state index in [1.54, 1.807) is 0 Å². The summed E-state index contributed by atoms with van der Waals surface area (Å²) < 4.78 is 0. The summed E-state index contributed by atoms with van der Waals surface area (Å²) in [6, 6.07) is 68.0. The summed E-state index contributed by atoms with van der Waals surface area (Å²) in [4.78, 5) is 2.31. The van der Waals surface area contributed by atoms with Crippen LogP contribution in [0.4, 0.5) is 22.7 Å². The molecule has 0 bridgehead atoms. The van der Waals surface area contributed by atoms with Gasteiger partial charge < -0.3 is 10.6 Å². The SMILES string of the molecule is C/C=C\c1c(N)cccc1N(c1ccccc1)c1cccc(-c2ccc3c4c(cccc24)-c2c-3c(-c3ccccc3)c3ccccc3c2-c2ccccc2)c1. The van der Waals surface area contributed by atoms with Crippen molar-refractivity contribution in [2.75, 3.05) is 10.6 Å². The minimum atomic E-state index is 0.747. The average Bonchev–Trinajstić information content (AvgIpc) is 3.57. The van der Waals surface area contributed by atoms with Gasteiger partial charge in [-0.15, -0.1) is 0 Å². The quantitative estimate of drug-likeness (QED) is 0.168. The topological polar surface area (TPSA) is 29.3 Å². The van der Waals surface area contributed by atoms with Crippen molar-refractivity contribution in [3.8, 4) is 55.6 Å². The third-order valence-corrected chi connectivity index (χ3v) is 11.0. The monoisotopic (exact) mass is 702 g/mol. The van der Waals surface area contributed by atoms with Gasteiger partial charge in [-0.05, 0) is 121 Å². The number of nitrogens with zero attached hydrogens (tertiary/aromatic N) is 1. The maximum absolute atomic E-state index is 6.60. The predicted molar refractivity (Wildman–Crippen MR) is 236 cm³/mol. The Labute approximate surface area is 322 Å². The van der Waals surface area contributed by atoms with Gasteiger partial charge in [0.2, 0.25) is 0 Å². The predicted octanol–water partition coefficient (Wildman–Crippen LogP) is 14.7. The summed E-state index contributed by atoms with van der Waals surface area (Å²) in [7, 11) is 0. The number of allylic oxidation sites excluding steroid dienone is 1. The third kappa shape index (κ3) is 5.26. The number of benzene rings is 9. The Morgan fingerprint density at radius 2 is 0.927 bits per heavy atom. The lowest BCUT2D eigenvalue weighted by molar-refractivity contribution is 1.28. The van der Waals surface area contributed by atoms with E-state index in [0.29, 0.717) is 0 Å². The molecule has 260 valence electrons. The van der Waals surface area contributed by atoms with E-state index < -0.39 is 0 Å². The van der Waals surface area contributed by atoms with Crippen molar-refractivity contribution in [3.05, 3.63) is 200 Å². The fraction of sp³-hybridized carbons (Fsp3) is 0.0189. The summed E-state index contributed by atoms with van der Waals surface area (Å²) in [5, 5.41) is 5.08. The zero-order chi connectivity index (χ0) is 36.9. The second-order valence-corrected chi connectivity index (χ2v) is 14.2.